The van der Waals surface area contributed by atoms with Crippen LogP contribution in [0.15, 0.2) is 57.9 Å². The molecule has 2 aliphatic rings. The Kier molecular flexibility index (Phi) is 3.70. The van der Waals surface area contributed by atoms with Crippen molar-refractivity contribution >= 4 is 31.7 Å². The fraction of sp³-hybridized carbons (Fsp3) is 0.278. The maximum atomic E-state index is 13.2. The van der Waals surface area contributed by atoms with Crippen LogP contribution in [0.3, 0.4) is 0 Å². The zero-order chi connectivity index (χ0) is 17.8. The lowest BCUT2D eigenvalue weighted by Crippen LogP contribution is -2.63. The zero-order valence-electron chi connectivity index (χ0n) is 13.4. The molecule has 4 rings (SSSR count). The Morgan fingerprint density at radius 3 is 2.56 bits per heavy atom. The molecule has 0 aromatic heterocycles. The Labute approximate surface area is 154 Å². The van der Waals surface area contributed by atoms with Crippen LogP contribution in [-0.2, 0) is 14.6 Å². The third-order valence-electron chi connectivity index (χ3n) is 4.75. The smallest absolute Gasteiger partial charge is 0.242 e. The van der Waals surface area contributed by atoms with Crippen molar-refractivity contribution in [2.75, 3.05) is 0 Å². The summed E-state index contributed by atoms with van der Waals surface area (Å²) in [6.45, 7) is 1.77. The molecule has 2 aliphatic heterocycles. The van der Waals surface area contributed by atoms with Crippen LogP contribution in [0.1, 0.15) is 24.8 Å². The largest absolute Gasteiger partial charge is 0.468 e. The van der Waals surface area contributed by atoms with E-state index in [1.165, 1.54) is 12.1 Å². The number of carbonyl (C=O) groups is 1. The molecule has 1 amide bonds. The molecule has 0 saturated carbocycles. The molecule has 130 valence electrons. The summed E-state index contributed by atoms with van der Waals surface area (Å²) in [4.78, 5) is 12.9. The third-order valence-corrected chi connectivity index (χ3v) is 7.42. The normalized spacial score (nSPS) is 27.8. The quantitative estimate of drug-likeness (QED) is 0.808. The van der Waals surface area contributed by atoms with Crippen molar-refractivity contribution in [2.45, 2.75) is 35.1 Å². The highest BCUT2D eigenvalue weighted by atomic mass is 79.9. The number of ether oxygens (including phenoxy) is 1. The Morgan fingerprint density at radius 1 is 1.16 bits per heavy atom. The van der Waals surface area contributed by atoms with Crippen LogP contribution in [0.4, 0.5) is 0 Å². The molecule has 2 aromatic rings. The zero-order valence-corrected chi connectivity index (χ0v) is 15.8. The fourth-order valence-electron chi connectivity index (χ4n) is 3.68. The van der Waals surface area contributed by atoms with Crippen LogP contribution < -0.4 is 10.1 Å². The first-order valence-corrected chi connectivity index (χ1v) is 10.2. The molecule has 0 spiro atoms. The molecule has 0 unspecified atom stereocenters. The van der Waals surface area contributed by atoms with Crippen molar-refractivity contribution in [3.63, 3.8) is 0 Å². The number of halogens is 1. The first kappa shape index (κ1) is 16.6. The lowest BCUT2D eigenvalue weighted by atomic mass is 9.81. The van der Waals surface area contributed by atoms with Crippen LogP contribution in [0.25, 0.3) is 0 Å². The van der Waals surface area contributed by atoms with Crippen LogP contribution in [0.2, 0.25) is 0 Å². The second-order valence-corrected chi connectivity index (χ2v) is 9.58. The van der Waals surface area contributed by atoms with E-state index in [1.807, 2.05) is 18.2 Å². The molecule has 0 aliphatic carbocycles. The number of carbonyl (C=O) groups excluding carboxylic acids is 1. The maximum absolute atomic E-state index is 13.2. The second-order valence-electron chi connectivity index (χ2n) is 6.59. The first-order chi connectivity index (χ1) is 11.8. The highest BCUT2D eigenvalue weighted by Crippen LogP contribution is 2.46. The average molecular weight is 422 g/mol. The van der Waals surface area contributed by atoms with E-state index in [0.29, 0.717) is 12.2 Å². The summed E-state index contributed by atoms with van der Waals surface area (Å²) >= 11 is 3.30. The van der Waals surface area contributed by atoms with Crippen LogP contribution >= 0.6 is 15.9 Å². The third kappa shape index (κ3) is 2.66. The van der Waals surface area contributed by atoms with Gasteiger partial charge in [-0.05, 0) is 42.8 Å². The standard InChI is InChI=1S/C18H16BrNO4S/c1-18-10-14(13-4-2-3-5-15(13)24-18)16(17(21)20-18)25(22,23)12-8-6-11(19)7-9-12/h2-9,14,16H,10H2,1H3,(H,20,21)/t14-,16-,18-/m0/s1. The van der Waals surface area contributed by atoms with Gasteiger partial charge in [-0.3, -0.25) is 4.79 Å². The van der Waals surface area contributed by atoms with Gasteiger partial charge in [0.2, 0.25) is 5.91 Å². The van der Waals surface area contributed by atoms with Crippen molar-refractivity contribution in [2.24, 2.45) is 0 Å². The molecule has 7 heteroatoms. The fourth-order valence-corrected chi connectivity index (χ4v) is 5.77. The maximum Gasteiger partial charge on any atom is 0.242 e. The number of fused-ring (bicyclic) bond motifs is 4. The molecule has 1 fully saturated rings. The molecule has 1 N–H and O–H groups in total. The molecule has 2 aromatic carbocycles. The minimum atomic E-state index is -3.84. The van der Waals surface area contributed by atoms with E-state index in [1.54, 1.807) is 25.1 Å². The van der Waals surface area contributed by atoms with Crippen LogP contribution in [0, 0.1) is 0 Å². The van der Waals surface area contributed by atoms with Gasteiger partial charge in [0.25, 0.3) is 0 Å². The van der Waals surface area contributed by atoms with Crippen molar-refractivity contribution in [1.29, 1.82) is 0 Å². The van der Waals surface area contributed by atoms with E-state index in [4.69, 9.17) is 4.74 Å². The lowest BCUT2D eigenvalue weighted by Gasteiger charge is -2.46. The van der Waals surface area contributed by atoms with Crippen LogP contribution in [-0.4, -0.2) is 25.3 Å². The van der Waals surface area contributed by atoms with E-state index < -0.39 is 32.6 Å². The predicted molar refractivity (Wildman–Crippen MR) is 96.1 cm³/mol. The van der Waals surface area contributed by atoms with Crippen molar-refractivity contribution in [3.8, 4) is 5.75 Å². The Morgan fingerprint density at radius 2 is 1.84 bits per heavy atom. The summed E-state index contributed by atoms with van der Waals surface area (Å²) in [6.07, 6.45) is 0.413. The van der Waals surface area contributed by atoms with E-state index in [2.05, 4.69) is 21.2 Å². The number of piperidine rings is 1. The number of rotatable bonds is 2. The van der Waals surface area contributed by atoms with Crippen LogP contribution in [0.5, 0.6) is 5.75 Å². The number of amides is 1. The number of benzene rings is 2. The first-order valence-electron chi connectivity index (χ1n) is 7.90. The number of hydrogen-bond donors (Lipinski definition) is 1. The van der Waals surface area contributed by atoms with Crippen molar-refractivity contribution in [3.05, 3.63) is 58.6 Å². The molecule has 5 nitrogen and oxygen atoms in total. The highest BCUT2D eigenvalue weighted by Gasteiger charge is 2.53. The molecule has 0 radical (unpaired) electrons. The van der Waals surface area contributed by atoms with Gasteiger partial charge >= 0.3 is 0 Å². The van der Waals surface area contributed by atoms with Gasteiger partial charge in [0.15, 0.2) is 20.8 Å². The van der Waals surface area contributed by atoms with Gasteiger partial charge in [-0.25, -0.2) is 8.42 Å². The van der Waals surface area contributed by atoms with Gasteiger partial charge in [-0.15, -0.1) is 0 Å². The lowest BCUT2D eigenvalue weighted by molar-refractivity contribution is -0.132. The predicted octanol–water partition coefficient (Wildman–Crippen LogP) is 3.00. The summed E-state index contributed by atoms with van der Waals surface area (Å²) in [5.41, 5.74) is -0.123. The van der Waals surface area contributed by atoms with E-state index in [0.717, 1.165) is 10.0 Å². The summed E-state index contributed by atoms with van der Waals surface area (Å²) in [5, 5.41) is 1.58. The Hall–Kier alpha value is -1.86. The monoisotopic (exact) mass is 421 g/mol. The summed E-state index contributed by atoms with van der Waals surface area (Å²) < 4.78 is 33.1. The van der Waals surface area contributed by atoms with Crippen molar-refractivity contribution in [1.82, 2.24) is 5.32 Å². The Bertz CT molecular complexity index is 957. The molecular weight excluding hydrogens is 406 g/mol. The van der Waals surface area contributed by atoms with Gasteiger partial charge in [0, 0.05) is 16.8 Å². The summed E-state index contributed by atoms with van der Waals surface area (Å²) in [7, 11) is -3.84. The van der Waals surface area contributed by atoms with E-state index in [-0.39, 0.29) is 4.90 Å². The summed E-state index contributed by atoms with van der Waals surface area (Å²) in [6, 6.07) is 13.7. The number of hydrogen-bond acceptors (Lipinski definition) is 4. The highest BCUT2D eigenvalue weighted by molar-refractivity contribution is 9.10. The molecular formula is C18H16BrNO4S. The molecule has 2 heterocycles. The van der Waals surface area contributed by atoms with Gasteiger partial charge in [0.05, 0.1) is 4.90 Å². The minimum absolute atomic E-state index is 0.142. The van der Waals surface area contributed by atoms with Gasteiger partial charge in [0.1, 0.15) is 5.75 Å². The SMILES string of the molecule is C[C@@]12C[C@@H](c3ccccc3O1)[C@H](S(=O)(=O)c1ccc(Br)cc1)C(=O)N2. The van der Waals surface area contributed by atoms with Crippen molar-refractivity contribution < 1.29 is 17.9 Å². The number of para-hydroxylation sites is 1. The topological polar surface area (TPSA) is 72.5 Å². The van der Waals surface area contributed by atoms with E-state index >= 15 is 0 Å². The Balaban J connectivity index is 1.85. The number of nitrogens with one attached hydrogen (secondary N) is 1. The molecule has 1 saturated heterocycles. The van der Waals surface area contributed by atoms with Gasteiger partial charge in [-0.1, -0.05) is 34.1 Å². The average Bonchev–Trinajstić information content (AvgIpc) is 2.54. The number of sulfone groups is 1. The minimum Gasteiger partial charge on any atom is -0.468 e. The van der Waals surface area contributed by atoms with Gasteiger partial charge in [-0.2, -0.15) is 0 Å². The molecule has 2 bridgehead atoms. The second kappa shape index (κ2) is 5.57. The van der Waals surface area contributed by atoms with Gasteiger partial charge < -0.3 is 10.1 Å². The molecule has 25 heavy (non-hydrogen) atoms. The molecule has 3 atom stereocenters. The summed E-state index contributed by atoms with van der Waals surface area (Å²) in [5.74, 6) is -0.342. The van der Waals surface area contributed by atoms with E-state index in [9.17, 15) is 13.2 Å².